The standard InChI is InChI=1S/C19H40N2/c1-7-16-13-12-14-17(15-16)18(20-9-3)19(6,8-2)21(10-4)11-5/h16-18,20H,7-15H2,1-6H3. The molecule has 0 aromatic carbocycles. The molecule has 2 nitrogen and oxygen atoms in total. The van der Waals surface area contributed by atoms with Crippen LogP contribution in [0.1, 0.15) is 80.1 Å². The van der Waals surface area contributed by atoms with E-state index in [1.807, 2.05) is 0 Å². The van der Waals surface area contributed by atoms with Gasteiger partial charge in [0, 0.05) is 11.6 Å². The van der Waals surface area contributed by atoms with Crippen molar-refractivity contribution in [3.63, 3.8) is 0 Å². The predicted molar refractivity (Wildman–Crippen MR) is 94.8 cm³/mol. The van der Waals surface area contributed by atoms with Gasteiger partial charge in [0.1, 0.15) is 0 Å². The van der Waals surface area contributed by atoms with E-state index in [0.29, 0.717) is 11.6 Å². The van der Waals surface area contributed by atoms with Crippen molar-refractivity contribution in [2.45, 2.75) is 91.6 Å². The van der Waals surface area contributed by atoms with E-state index in [1.165, 1.54) is 38.5 Å². The summed E-state index contributed by atoms with van der Waals surface area (Å²) < 4.78 is 0. The number of nitrogens with one attached hydrogen (secondary N) is 1. The second kappa shape index (κ2) is 9.15. The number of hydrogen-bond acceptors (Lipinski definition) is 2. The highest BCUT2D eigenvalue weighted by molar-refractivity contribution is 5.00. The number of likely N-dealkylation sites (N-methyl/N-ethyl adjacent to an activating group) is 2. The van der Waals surface area contributed by atoms with Crippen LogP contribution >= 0.6 is 0 Å². The Kier molecular flexibility index (Phi) is 8.26. The molecule has 0 heterocycles. The normalized spacial score (nSPS) is 27.6. The number of hydrogen-bond donors (Lipinski definition) is 1. The zero-order valence-electron chi connectivity index (χ0n) is 15.5. The van der Waals surface area contributed by atoms with Crippen LogP contribution in [0.2, 0.25) is 0 Å². The lowest BCUT2D eigenvalue weighted by molar-refractivity contribution is 0.0306. The Balaban J connectivity index is 2.96. The van der Waals surface area contributed by atoms with E-state index in [0.717, 1.165) is 31.5 Å². The Bertz CT molecular complexity index is 275. The Hall–Kier alpha value is -0.0800. The molecule has 0 aromatic rings. The highest BCUT2D eigenvalue weighted by Crippen LogP contribution is 2.38. The molecule has 126 valence electrons. The summed E-state index contributed by atoms with van der Waals surface area (Å²) in [4.78, 5) is 2.69. The summed E-state index contributed by atoms with van der Waals surface area (Å²) in [5, 5.41) is 3.90. The van der Waals surface area contributed by atoms with Crippen molar-refractivity contribution in [1.82, 2.24) is 10.2 Å². The fraction of sp³-hybridized carbons (Fsp3) is 1.00. The first-order chi connectivity index (χ1) is 10.1. The van der Waals surface area contributed by atoms with Crippen LogP contribution in [-0.4, -0.2) is 36.1 Å². The SMILES string of the molecule is CCNC(C1CCCC(CC)C1)C(C)(CC)N(CC)CC. The van der Waals surface area contributed by atoms with Crippen LogP contribution in [0.3, 0.4) is 0 Å². The van der Waals surface area contributed by atoms with Crippen molar-refractivity contribution >= 4 is 0 Å². The Morgan fingerprint density at radius 1 is 1.10 bits per heavy atom. The van der Waals surface area contributed by atoms with Crippen molar-refractivity contribution < 1.29 is 0 Å². The summed E-state index contributed by atoms with van der Waals surface area (Å²) in [7, 11) is 0. The van der Waals surface area contributed by atoms with Gasteiger partial charge >= 0.3 is 0 Å². The smallest absolute Gasteiger partial charge is 0.0334 e. The molecule has 1 fully saturated rings. The van der Waals surface area contributed by atoms with Gasteiger partial charge < -0.3 is 5.32 Å². The topological polar surface area (TPSA) is 15.3 Å². The fourth-order valence-electron chi connectivity index (χ4n) is 4.71. The zero-order valence-corrected chi connectivity index (χ0v) is 15.5. The van der Waals surface area contributed by atoms with E-state index >= 15 is 0 Å². The second-order valence-corrected chi connectivity index (χ2v) is 7.12. The predicted octanol–water partition coefficient (Wildman–Crippen LogP) is 4.69. The molecule has 2 heteroatoms. The fourth-order valence-corrected chi connectivity index (χ4v) is 4.71. The molecule has 0 aliphatic heterocycles. The lowest BCUT2D eigenvalue weighted by Gasteiger charge is -2.50. The molecule has 0 radical (unpaired) electrons. The number of nitrogens with zero attached hydrogens (tertiary/aromatic N) is 1. The second-order valence-electron chi connectivity index (χ2n) is 7.12. The summed E-state index contributed by atoms with van der Waals surface area (Å²) in [6.45, 7) is 17.6. The van der Waals surface area contributed by atoms with Gasteiger partial charge in [-0.1, -0.05) is 53.9 Å². The molecule has 21 heavy (non-hydrogen) atoms. The molecule has 1 saturated carbocycles. The first-order valence-corrected chi connectivity index (χ1v) is 9.55. The third-order valence-electron chi connectivity index (χ3n) is 6.17. The first kappa shape index (κ1) is 19.0. The van der Waals surface area contributed by atoms with Crippen molar-refractivity contribution in [3.05, 3.63) is 0 Å². The van der Waals surface area contributed by atoms with Crippen molar-refractivity contribution in [2.24, 2.45) is 11.8 Å². The highest BCUT2D eigenvalue weighted by Gasteiger charge is 2.41. The minimum atomic E-state index is 0.291. The average molecular weight is 297 g/mol. The van der Waals surface area contributed by atoms with Crippen molar-refractivity contribution in [3.8, 4) is 0 Å². The van der Waals surface area contributed by atoms with Crippen LogP contribution in [0.15, 0.2) is 0 Å². The van der Waals surface area contributed by atoms with Crippen LogP contribution in [0.5, 0.6) is 0 Å². The molecule has 1 aliphatic rings. The third-order valence-corrected chi connectivity index (χ3v) is 6.17. The number of rotatable bonds is 9. The molecule has 0 spiro atoms. The van der Waals surface area contributed by atoms with Crippen LogP contribution in [0, 0.1) is 11.8 Å². The van der Waals surface area contributed by atoms with Gasteiger partial charge in [0.05, 0.1) is 0 Å². The maximum Gasteiger partial charge on any atom is 0.0334 e. The van der Waals surface area contributed by atoms with E-state index in [1.54, 1.807) is 0 Å². The summed E-state index contributed by atoms with van der Waals surface area (Å²) in [5.41, 5.74) is 0.291. The van der Waals surface area contributed by atoms with E-state index in [-0.39, 0.29) is 0 Å². The van der Waals surface area contributed by atoms with Crippen LogP contribution in [0.4, 0.5) is 0 Å². The summed E-state index contributed by atoms with van der Waals surface area (Å²) in [6.07, 6.45) is 8.35. The van der Waals surface area contributed by atoms with E-state index in [2.05, 4.69) is 51.8 Å². The Morgan fingerprint density at radius 3 is 2.24 bits per heavy atom. The molecule has 1 aliphatic carbocycles. The Morgan fingerprint density at radius 2 is 1.76 bits per heavy atom. The molecular formula is C19H40N2. The molecule has 4 atom stereocenters. The van der Waals surface area contributed by atoms with E-state index in [9.17, 15) is 0 Å². The van der Waals surface area contributed by atoms with E-state index < -0.39 is 0 Å². The van der Waals surface area contributed by atoms with Crippen LogP contribution < -0.4 is 5.32 Å². The van der Waals surface area contributed by atoms with E-state index in [4.69, 9.17) is 0 Å². The summed E-state index contributed by atoms with van der Waals surface area (Å²) in [5.74, 6) is 1.82. The highest BCUT2D eigenvalue weighted by atomic mass is 15.2. The van der Waals surface area contributed by atoms with Gasteiger partial charge in [-0.15, -0.1) is 0 Å². The molecule has 4 unspecified atom stereocenters. The quantitative estimate of drug-likeness (QED) is 0.664. The van der Waals surface area contributed by atoms with Gasteiger partial charge in [-0.25, -0.2) is 0 Å². The van der Waals surface area contributed by atoms with Crippen molar-refractivity contribution in [1.29, 1.82) is 0 Å². The molecule has 0 amide bonds. The van der Waals surface area contributed by atoms with Crippen LogP contribution in [-0.2, 0) is 0 Å². The summed E-state index contributed by atoms with van der Waals surface area (Å²) >= 11 is 0. The summed E-state index contributed by atoms with van der Waals surface area (Å²) in [6, 6.07) is 0.641. The lowest BCUT2D eigenvalue weighted by atomic mass is 9.70. The maximum absolute atomic E-state index is 3.90. The molecule has 0 bridgehead atoms. The average Bonchev–Trinajstić information content (AvgIpc) is 2.53. The van der Waals surface area contributed by atoms with Gasteiger partial charge in [0.2, 0.25) is 0 Å². The van der Waals surface area contributed by atoms with Gasteiger partial charge in [-0.3, -0.25) is 4.90 Å². The maximum atomic E-state index is 3.90. The monoisotopic (exact) mass is 296 g/mol. The minimum Gasteiger partial charge on any atom is -0.312 e. The van der Waals surface area contributed by atoms with Gasteiger partial charge in [-0.2, -0.15) is 0 Å². The van der Waals surface area contributed by atoms with Gasteiger partial charge in [0.15, 0.2) is 0 Å². The van der Waals surface area contributed by atoms with Gasteiger partial charge in [-0.05, 0) is 57.7 Å². The van der Waals surface area contributed by atoms with Crippen LogP contribution in [0.25, 0.3) is 0 Å². The first-order valence-electron chi connectivity index (χ1n) is 9.55. The minimum absolute atomic E-state index is 0.291. The molecule has 0 aromatic heterocycles. The molecule has 1 N–H and O–H groups in total. The molecule has 1 rings (SSSR count). The zero-order chi connectivity index (χ0) is 15.9. The Labute approximate surface area is 134 Å². The van der Waals surface area contributed by atoms with Crippen molar-refractivity contribution in [2.75, 3.05) is 19.6 Å². The third kappa shape index (κ3) is 4.45. The largest absolute Gasteiger partial charge is 0.312 e. The molecule has 0 saturated heterocycles. The van der Waals surface area contributed by atoms with Gasteiger partial charge in [0.25, 0.3) is 0 Å². The lowest BCUT2D eigenvalue weighted by Crippen LogP contribution is -2.62. The molecular weight excluding hydrogens is 256 g/mol.